The van der Waals surface area contributed by atoms with Gasteiger partial charge >= 0.3 is 0 Å². The molecule has 0 saturated heterocycles. The number of aromatic nitrogens is 4. The van der Waals surface area contributed by atoms with Gasteiger partial charge in [-0.1, -0.05) is 6.42 Å². The van der Waals surface area contributed by atoms with Gasteiger partial charge in [-0.3, -0.25) is 18.8 Å². The molecule has 110 valence electrons. The highest BCUT2D eigenvalue weighted by molar-refractivity contribution is 7.91. The summed E-state index contributed by atoms with van der Waals surface area (Å²) in [5.41, 5.74) is 5.93. The molecule has 4 N–H and O–H groups in total. The van der Waals surface area contributed by atoms with Crippen LogP contribution in [-0.4, -0.2) is 35.7 Å². The predicted octanol–water partition coefficient (Wildman–Crippen LogP) is 0.549. The quantitative estimate of drug-likeness (QED) is 0.670. The molecule has 0 aliphatic rings. The fourth-order valence-corrected chi connectivity index (χ4v) is 2.73. The lowest BCUT2D eigenvalue weighted by molar-refractivity contribution is 0.608. The predicted molar refractivity (Wildman–Crippen MR) is 78.1 cm³/mol. The number of hydrogen-bond acceptors (Lipinski definition) is 6. The van der Waals surface area contributed by atoms with Gasteiger partial charge in [-0.25, -0.2) is 4.98 Å². The zero-order chi connectivity index (χ0) is 14.8. The van der Waals surface area contributed by atoms with Crippen molar-refractivity contribution >= 4 is 26.8 Å². The number of nitrogens with two attached hydrogens (primary N) is 1. The molecule has 0 spiro atoms. The summed E-state index contributed by atoms with van der Waals surface area (Å²) >= 11 is 0. The van der Waals surface area contributed by atoms with Crippen LogP contribution >= 0.6 is 0 Å². The Labute approximate surface area is 116 Å². The molecule has 2 rings (SSSR count). The Kier molecular flexibility index (Phi) is 4.07. The van der Waals surface area contributed by atoms with Crippen LogP contribution in [0.15, 0.2) is 11.1 Å². The Bertz CT molecular complexity index is 761. The zero-order valence-electron chi connectivity index (χ0n) is 11.3. The highest BCUT2D eigenvalue weighted by atomic mass is 32.2. The number of nitrogens with one attached hydrogen (secondary N) is 2. The number of rotatable bonds is 6. The second-order valence-corrected chi connectivity index (χ2v) is 7.25. The number of hydrogen-bond donors (Lipinski definition) is 3. The van der Waals surface area contributed by atoms with Crippen LogP contribution in [0.4, 0.5) is 5.95 Å². The Morgan fingerprint density at radius 1 is 1.45 bits per heavy atom. The molecular weight excluding hydrogens is 280 g/mol. The summed E-state index contributed by atoms with van der Waals surface area (Å²) in [6.07, 6.45) is 5.48. The second kappa shape index (κ2) is 5.61. The van der Waals surface area contributed by atoms with E-state index in [9.17, 15) is 9.00 Å². The standard InChI is InChI=1S/C11H18N6O2S/c1-20(13,19)6-4-2-3-5-17-7-14-8-9(17)15-11(12)16-10(8)18/h7,13H,2-6H2,1H3,(H3,12,15,16,18). The topological polar surface area (TPSA) is 131 Å². The number of H-pyrrole nitrogens is 1. The summed E-state index contributed by atoms with van der Waals surface area (Å²) in [7, 11) is -2.40. The van der Waals surface area contributed by atoms with Crippen molar-refractivity contribution in [1.29, 1.82) is 4.78 Å². The third-order valence-electron chi connectivity index (χ3n) is 2.93. The van der Waals surface area contributed by atoms with Gasteiger partial charge in [0.2, 0.25) is 5.95 Å². The average Bonchev–Trinajstić information content (AvgIpc) is 2.70. The number of fused-ring (bicyclic) bond motifs is 1. The highest BCUT2D eigenvalue weighted by Crippen LogP contribution is 2.09. The molecule has 0 amide bonds. The number of nitrogens with zero attached hydrogens (tertiary/aromatic N) is 3. The van der Waals surface area contributed by atoms with E-state index in [1.54, 1.807) is 10.9 Å². The van der Waals surface area contributed by atoms with Crippen molar-refractivity contribution < 1.29 is 4.21 Å². The molecule has 2 aromatic heterocycles. The molecule has 9 heteroatoms. The summed E-state index contributed by atoms with van der Waals surface area (Å²) in [5, 5.41) is 0. The van der Waals surface area contributed by atoms with Crippen molar-refractivity contribution in [3.05, 3.63) is 16.7 Å². The van der Waals surface area contributed by atoms with Gasteiger partial charge in [-0.05, 0) is 12.8 Å². The van der Waals surface area contributed by atoms with Crippen LogP contribution in [-0.2, 0) is 16.3 Å². The Morgan fingerprint density at radius 2 is 2.20 bits per heavy atom. The third-order valence-corrected chi connectivity index (χ3v) is 3.99. The molecule has 2 aromatic rings. The number of aromatic amines is 1. The lowest BCUT2D eigenvalue weighted by atomic mass is 10.2. The van der Waals surface area contributed by atoms with Gasteiger partial charge in [0.25, 0.3) is 5.56 Å². The molecule has 1 atom stereocenters. The van der Waals surface area contributed by atoms with Crippen molar-refractivity contribution in [1.82, 2.24) is 19.5 Å². The normalized spacial score (nSPS) is 14.4. The molecule has 0 aromatic carbocycles. The Morgan fingerprint density at radius 3 is 2.90 bits per heavy atom. The molecule has 8 nitrogen and oxygen atoms in total. The Balaban J connectivity index is 1.99. The average molecular weight is 298 g/mol. The fraction of sp³-hybridized carbons (Fsp3) is 0.545. The molecule has 0 bridgehead atoms. The van der Waals surface area contributed by atoms with Crippen LogP contribution in [0.2, 0.25) is 0 Å². The zero-order valence-corrected chi connectivity index (χ0v) is 12.1. The van der Waals surface area contributed by atoms with Gasteiger partial charge in [0, 0.05) is 28.3 Å². The number of anilines is 1. The lowest BCUT2D eigenvalue weighted by Gasteiger charge is -2.04. The van der Waals surface area contributed by atoms with Crippen LogP contribution in [0.5, 0.6) is 0 Å². The number of imidazole rings is 1. The summed E-state index contributed by atoms with van der Waals surface area (Å²) < 4.78 is 20.3. The number of nitrogen functional groups attached to an aromatic ring is 1. The highest BCUT2D eigenvalue weighted by Gasteiger charge is 2.08. The van der Waals surface area contributed by atoms with E-state index in [1.165, 1.54) is 6.26 Å². The maximum absolute atomic E-state index is 11.6. The lowest BCUT2D eigenvalue weighted by Crippen LogP contribution is -2.12. The molecule has 2 heterocycles. The monoisotopic (exact) mass is 298 g/mol. The van der Waals surface area contributed by atoms with Gasteiger partial charge in [0.1, 0.15) is 0 Å². The van der Waals surface area contributed by atoms with Gasteiger partial charge in [0.05, 0.1) is 6.33 Å². The SMILES string of the molecule is CS(=N)(=O)CCCCCn1cnc2c(=O)[nH]c(N)nc21. The second-order valence-electron chi connectivity index (χ2n) is 4.83. The summed E-state index contributed by atoms with van der Waals surface area (Å²) in [6.45, 7) is 0.662. The largest absolute Gasteiger partial charge is 0.369 e. The summed E-state index contributed by atoms with van der Waals surface area (Å²) in [6, 6.07) is 0. The first-order valence-electron chi connectivity index (χ1n) is 6.29. The molecule has 0 fully saturated rings. The van der Waals surface area contributed by atoms with Crippen molar-refractivity contribution in [3.63, 3.8) is 0 Å². The van der Waals surface area contributed by atoms with Gasteiger partial charge in [0.15, 0.2) is 11.2 Å². The van der Waals surface area contributed by atoms with E-state index in [2.05, 4.69) is 15.0 Å². The van der Waals surface area contributed by atoms with Gasteiger partial charge in [-0.2, -0.15) is 4.98 Å². The van der Waals surface area contributed by atoms with Crippen molar-refractivity contribution in [2.24, 2.45) is 0 Å². The van der Waals surface area contributed by atoms with E-state index in [4.69, 9.17) is 10.5 Å². The van der Waals surface area contributed by atoms with Gasteiger partial charge < -0.3 is 10.3 Å². The van der Waals surface area contributed by atoms with Crippen LogP contribution < -0.4 is 11.3 Å². The first-order valence-corrected chi connectivity index (χ1v) is 8.42. The van der Waals surface area contributed by atoms with E-state index < -0.39 is 9.73 Å². The van der Waals surface area contributed by atoms with E-state index in [0.29, 0.717) is 17.9 Å². The minimum atomic E-state index is -2.40. The van der Waals surface area contributed by atoms with Gasteiger partial charge in [-0.15, -0.1) is 0 Å². The first kappa shape index (κ1) is 14.5. The fourth-order valence-electron chi connectivity index (χ4n) is 1.97. The minimum Gasteiger partial charge on any atom is -0.369 e. The number of unbranched alkanes of at least 4 members (excludes halogenated alkanes) is 2. The first-order chi connectivity index (χ1) is 9.37. The smallest absolute Gasteiger partial charge is 0.280 e. The van der Waals surface area contributed by atoms with E-state index in [-0.39, 0.29) is 17.0 Å². The minimum absolute atomic E-state index is 0.0733. The maximum atomic E-state index is 11.6. The molecule has 1 unspecified atom stereocenters. The molecule has 0 radical (unpaired) electrons. The van der Waals surface area contributed by atoms with Crippen LogP contribution in [0.3, 0.4) is 0 Å². The van der Waals surface area contributed by atoms with Crippen LogP contribution in [0.1, 0.15) is 19.3 Å². The molecule has 0 saturated carbocycles. The molecule has 0 aliphatic carbocycles. The van der Waals surface area contributed by atoms with Crippen molar-refractivity contribution in [2.75, 3.05) is 17.7 Å². The van der Waals surface area contributed by atoms with Crippen LogP contribution in [0.25, 0.3) is 11.2 Å². The van der Waals surface area contributed by atoms with E-state index in [0.717, 1.165) is 19.3 Å². The summed E-state index contributed by atoms with van der Waals surface area (Å²) in [4.78, 5) is 22.1. The third kappa shape index (κ3) is 3.56. The van der Waals surface area contributed by atoms with E-state index in [1.807, 2.05) is 0 Å². The van der Waals surface area contributed by atoms with Crippen LogP contribution in [0, 0.1) is 4.78 Å². The maximum Gasteiger partial charge on any atom is 0.280 e. The van der Waals surface area contributed by atoms with Crippen molar-refractivity contribution in [2.45, 2.75) is 25.8 Å². The summed E-state index contributed by atoms with van der Waals surface area (Å²) in [5.74, 6) is 0.493. The molecule has 0 aliphatic heterocycles. The Hall–Kier alpha value is -1.90. The van der Waals surface area contributed by atoms with Crippen molar-refractivity contribution in [3.8, 4) is 0 Å². The molecular formula is C11H18N6O2S. The van der Waals surface area contributed by atoms with E-state index >= 15 is 0 Å². The molecule has 20 heavy (non-hydrogen) atoms. The number of aryl methyl sites for hydroxylation is 1.